The van der Waals surface area contributed by atoms with Crippen molar-refractivity contribution < 1.29 is 0 Å². The molecule has 1 atom stereocenters. The molecule has 0 saturated heterocycles. The Balaban J connectivity index is 1.89. The van der Waals surface area contributed by atoms with Crippen LogP contribution in [0.15, 0.2) is 42.6 Å². The van der Waals surface area contributed by atoms with Crippen molar-refractivity contribution in [3.63, 3.8) is 0 Å². The summed E-state index contributed by atoms with van der Waals surface area (Å²) in [5.74, 6) is 0.926. The maximum atomic E-state index is 5.70. The van der Waals surface area contributed by atoms with Crippen molar-refractivity contribution in [1.29, 1.82) is 0 Å². The number of hydrogen-bond acceptors (Lipinski definition) is 3. The van der Waals surface area contributed by atoms with Crippen LogP contribution in [0.5, 0.6) is 0 Å². The monoisotopic (exact) mass is 255 g/mol. The quantitative estimate of drug-likeness (QED) is 0.861. The highest BCUT2D eigenvalue weighted by atomic mass is 15.0. The summed E-state index contributed by atoms with van der Waals surface area (Å²) in [6.45, 7) is 4.20. The van der Waals surface area contributed by atoms with Gasteiger partial charge in [-0.1, -0.05) is 30.3 Å². The van der Waals surface area contributed by atoms with Gasteiger partial charge in [-0.3, -0.25) is 0 Å². The van der Waals surface area contributed by atoms with Gasteiger partial charge in [-0.2, -0.15) is 0 Å². The fourth-order valence-electron chi connectivity index (χ4n) is 2.08. The van der Waals surface area contributed by atoms with Gasteiger partial charge in [0, 0.05) is 6.04 Å². The molecule has 1 heterocycles. The highest BCUT2D eigenvalue weighted by molar-refractivity contribution is 5.51. The number of aromatic nitrogens is 1. The third kappa shape index (κ3) is 3.98. The summed E-state index contributed by atoms with van der Waals surface area (Å²) in [5.41, 5.74) is 8.87. The number of nitrogens with one attached hydrogen (secondary N) is 1. The zero-order valence-electron chi connectivity index (χ0n) is 11.6. The van der Waals surface area contributed by atoms with Gasteiger partial charge in [0.25, 0.3) is 0 Å². The van der Waals surface area contributed by atoms with E-state index in [9.17, 15) is 0 Å². The number of nitrogen functional groups attached to an aromatic ring is 1. The van der Waals surface area contributed by atoms with Crippen molar-refractivity contribution >= 4 is 11.5 Å². The second-order valence-electron chi connectivity index (χ2n) is 5.00. The van der Waals surface area contributed by atoms with Crippen molar-refractivity contribution in [1.82, 2.24) is 4.98 Å². The van der Waals surface area contributed by atoms with E-state index in [2.05, 4.69) is 41.5 Å². The van der Waals surface area contributed by atoms with Gasteiger partial charge < -0.3 is 11.1 Å². The van der Waals surface area contributed by atoms with Gasteiger partial charge in [-0.05, 0) is 43.9 Å². The van der Waals surface area contributed by atoms with E-state index < -0.39 is 0 Å². The molecule has 1 aromatic heterocycles. The molecule has 3 heteroatoms. The maximum Gasteiger partial charge on any atom is 0.129 e. The van der Waals surface area contributed by atoms with Crippen LogP contribution in [-0.2, 0) is 6.42 Å². The number of nitrogens with two attached hydrogens (primary N) is 1. The van der Waals surface area contributed by atoms with Crippen molar-refractivity contribution in [2.45, 2.75) is 32.7 Å². The Labute approximate surface area is 114 Å². The largest absolute Gasteiger partial charge is 0.397 e. The Morgan fingerprint density at radius 3 is 2.68 bits per heavy atom. The van der Waals surface area contributed by atoms with Crippen LogP contribution in [0, 0.1) is 6.92 Å². The molecule has 0 saturated carbocycles. The fourth-order valence-corrected chi connectivity index (χ4v) is 2.08. The van der Waals surface area contributed by atoms with Gasteiger partial charge in [0.05, 0.1) is 11.9 Å². The number of nitrogens with zero attached hydrogens (tertiary/aromatic N) is 1. The van der Waals surface area contributed by atoms with E-state index in [0.29, 0.717) is 11.7 Å². The Morgan fingerprint density at radius 1 is 1.26 bits per heavy atom. The van der Waals surface area contributed by atoms with E-state index in [1.807, 2.05) is 19.1 Å². The second-order valence-corrected chi connectivity index (χ2v) is 5.00. The summed E-state index contributed by atoms with van der Waals surface area (Å²) in [4.78, 5) is 4.34. The first-order chi connectivity index (χ1) is 9.15. The predicted octanol–water partition coefficient (Wildman–Crippen LogP) is 3.41. The van der Waals surface area contributed by atoms with Crippen LogP contribution in [0.2, 0.25) is 0 Å². The lowest BCUT2D eigenvalue weighted by molar-refractivity contribution is 0.702. The van der Waals surface area contributed by atoms with Crippen LogP contribution in [0.3, 0.4) is 0 Å². The molecule has 100 valence electrons. The molecule has 3 N–H and O–H groups in total. The molecular formula is C16H21N3. The van der Waals surface area contributed by atoms with E-state index in [4.69, 9.17) is 5.73 Å². The molecule has 0 bridgehead atoms. The number of pyridine rings is 1. The molecule has 0 amide bonds. The maximum absolute atomic E-state index is 5.70. The van der Waals surface area contributed by atoms with Gasteiger partial charge in [0.2, 0.25) is 0 Å². The van der Waals surface area contributed by atoms with E-state index in [1.54, 1.807) is 6.20 Å². The van der Waals surface area contributed by atoms with Crippen LogP contribution in [0.25, 0.3) is 0 Å². The molecule has 0 radical (unpaired) electrons. The molecule has 0 aliphatic heterocycles. The summed E-state index contributed by atoms with van der Waals surface area (Å²) in [6.07, 6.45) is 3.85. The fraction of sp³-hybridized carbons (Fsp3) is 0.312. The third-order valence-electron chi connectivity index (χ3n) is 3.19. The number of hydrogen-bond donors (Lipinski definition) is 2. The molecule has 3 nitrogen and oxygen atoms in total. The summed E-state index contributed by atoms with van der Waals surface area (Å²) < 4.78 is 0. The number of aryl methyl sites for hydroxylation is 2. The lowest BCUT2D eigenvalue weighted by atomic mass is 10.1. The van der Waals surface area contributed by atoms with Gasteiger partial charge in [0.1, 0.15) is 5.82 Å². The molecule has 19 heavy (non-hydrogen) atoms. The Hall–Kier alpha value is -2.03. The van der Waals surface area contributed by atoms with Crippen molar-refractivity contribution in [3.05, 3.63) is 53.7 Å². The normalized spacial score (nSPS) is 12.1. The first-order valence-corrected chi connectivity index (χ1v) is 6.68. The van der Waals surface area contributed by atoms with E-state index in [-0.39, 0.29) is 0 Å². The topological polar surface area (TPSA) is 50.9 Å². The second kappa shape index (κ2) is 6.23. The average Bonchev–Trinajstić information content (AvgIpc) is 2.41. The van der Waals surface area contributed by atoms with Crippen LogP contribution < -0.4 is 11.1 Å². The van der Waals surface area contributed by atoms with Gasteiger partial charge in [-0.25, -0.2) is 4.98 Å². The molecule has 1 unspecified atom stereocenters. The van der Waals surface area contributed by atoms with Crippen LogP contribution in [0.4, 0.5) is 11.5 Å². The van der Waals surface area contributed by atoms with E-state index in [1.165, 1.54) is 5.56 Å². The molecule has 2 aromatic rings. The Bertz CT molecular complexity index is 523. The molecule has 2 rings (SSSR count). The number of rotatable bonds is 5. The average molecular weight is 255 g/mol. The van der Waals surface area contributed by atoms with Gasteiger partial charge in [0.15, 0.2) is 0 Å². The summed E-state index contributed by atoms with van der Waals surface area (Å²) in [5, 5.41) is 3.44. The van der Waals surface area contributed by atoms with E-state index >= 15 is 0 Å². The minimum atomic E-state index is 0.384. The van der Waals surface area contributed by atoms with Crippen molar-refractivity contribution in [3.8, 4) is 0 Å². The Morgan fingerprint density at radius 2 is 2.00 bits per heavy atom. The number of benzene rings is 1. The molecule has 0 fully saturated rings. The van der Waals surface area contributed by atoms with Crippen LogP contribution >= 0.6 is 0 Å². The molecule has 1 aromatic carbocycles. The standard InChI is InChI=1S/C16H21N3/c1-12-10-15(17)11-18-16(12)19-13(2)8-9-14-6-4-3-5-7-14/h3-7,10-11,13H,8-9,17H2,1-2H3,(H,18,19). The number of anilines is 2. The molecule has 0 aliphatic rings. The van der Waals surface area contributed by atoms with Gasteiger partial charge >= 0.3 is 0 Å². The molecule has 0 aliphatic carbocycles. The minimum absolute atomic E-state index is 0.384. The lowest BCUT2D eigenvalue weighted by Gasteiger charge is -2.16. The minimum Gasteiger partial charge on any atom is -0.397 e. The smallest absolute Gasteiger partial charge is 0.129 e. The van der Waals surface area contributed by atoms with Crippen molar-refractivity contribution in [2.24, 2.45) is 0 Å². The highest BCUT2D eigenvalue weighted by Gasteiger charge is 2.06. The van der Waals surface area contributed by atoms with Crippen molar-refractivity contribution in [2.75, 3.05) is 11.1 Å². The highest BCUT2D eigenvalue weighted by Crippen LogP contribution is 2.16. The van der Waals surface area contributed by atoms with Gasteiger partial charge in [-0.15, -0.1) is 0 Å². The Kier molecular flexibility index (Phi) is 4.39. The molecule has 0 spiro atoms. The zero-order valence-corrected chi connectivity index (χ0v) is 11.6. The lowest BCUT2D eigenvalue weighted by Crippen LogP contribution is -2.17. The van der Waals surface area contributed by atoms with Crippen LogP contribution in [0.1, 0.15) is 24.5 Å². The zero-order chi connectivity index (χ0) is 13.7. The summed E-state index contributed by atoms with van der Waals surface area (Å²) >= 11 is 0. The first-order valence-electron chi connectivity index (χ1n) is 6.68. The first kappa shape index (κ1) is 13.4. The van der Waals surface area contributed by atoms with Crippen LogP contribution in [-0.4, -0.2) is 11.0 Å². The summed E-state index contributed by atoms with van der Waals surface area (Å²) in [7, 11) is 0. The molecular weight excluding hydrogens is 234 g/mol. The SMILES string of the molecule is Cc1cc(N)cnc1NC(C)CCc1ccccc1. The summed E-state index contributed by atoms with van der Waals surface area (Å²) in [6, 6.07) is 12.9. The third-order valence-corrected chi connectivity index (χ3v) is 3.19. The van der Waals surface area contributed by atoms with E-state index in [0.717, 1.165) is 24.2 Å². The predicted molar refractivity (Wildman–Crippen MR) is 81.2 cm³/mol.